The van der Waals surface area contributed by atoms with Gasteiger partial charge in [0.25, 0.3) is 0 Å². The van der Waals surface area contributed by atoms with Gasteiger partial charge in [0.1, 0.15) is 6.04 Å². The average molecular weight is 283 g/mol. The lowest BCUT2D eigenvalue weighted by molar-refractivity contribution is -0.123. The molecular weight excluding hydrogens is 264 g/mol. The summed E-state index contributed by atoms with van der Waals surface area (Å²) in [6.45, 7) is 0.268. The van der Waals surface area contributed by atoms with Gasteiger partial charge in [-0.15, -0.1) is 12.4 Å². The number of hydrogen-bond donors (Lipinski definition) is 2. The molecule has 0 aromatic heterocycles. The molecule has 0 bridgehead atoms. The largest absolute Gasteiger partial charge is 0.383 e. The smallest absolute Gasteiger partial charge is 0.239 e. The highest BCUT2D eigenvalue weighted by atomic mass is 35.5. The molecule has 5 heteroatoms. The number of carbonyl (C=O) groups excluding carboxylic acids is 1. The van der Waals surface area contributed by atoms with Crippen molar-refractivity contribution in [2.24, 2.45) is 11.7 Å². The van der Waals surface area contributed by atoms with Crippen LogP contribution in [0, 0.1) is 5.92 Å². The van der Waals surface area contributed by atoms with Crippen molar-refractivity contribution in [3.63, 3.8) is 0 Å². The molecule has 0 radical (unpaired) electrons. The Labute approximate surface area is 119 Å². The topological polar surface area (TPSA) is 64.3 Å². The van der Waals surface area contributed by atoms with Crippen molar-refractivity contribution in [2.75, 3.05) is 13.7 Å². The highest BCUT2D eigenvalue weighted by Gasteiger charge is 2.56. The fourth-order valence-electron chi connectivity index (χ4n) is 3.07. The van der Waals surface area contributed by atoms with Gasteiger partial charge in [-0.25, -0.2) is 0 Å². The minimum atomic E-state index is -0.563. The molecule has 2 aliphatic carbocycles. The van der Waals surface area contributed by atoms with E-state index in [0.29, 0.717) is 11.8 Å². The van der Waals surface area contributed by atoms with Crippen molar-refractivity contribution < 1.29 is 9.53 Å². The number of amides is 1. The zero-order chi connectivity index (χ0) is 12.7. The van der Waals surface area contributed by atoms with Gasteiger partial charge in [-0.3, -0.25) is 4.79 Å². The molecule has 3 N–H and O–H groups in total. The van der Waals surface area contributed by atoms with Gasteiger partial charge in [0, 0.05) is 19.1 Å². The first-order chi connectivity index (χ1) is 8.72. The monoisotopic (exact) mass is 282 g/mol. The summed E-state index contributed by atoms with van der Waals surface area (Å²) in [5, 5.41) is 3.04. The van der Waals surface area contributed by atoms with E-state index in [1.54, 1.807) is 7.11 Å². The molecule has 4 unspecified atom stereocenters. The SMILES string of the molecule is COCC(N)C(=O)NC1C2Cc3ccccc3C21.Cl. The number of rotatable bonds is 4. The summed E-state index contributed by atoms with van der Waals surface area (Å²) in [6.07, 6.45) is 1.07. The third kappa shape index (κ3) is 2.48. The highest BCUT2D eigenvalue weighted by Crippen LogP contribution is 2.56. The number of carbonyl (C=O) groups is 1. The van der Waals surface area contributed by atoms with Crippen molar-refractivity contribution in [1.82, 2.24) is 5.32 Å². The molecule has 4 atom stereocenters. The van der Waals surface area contributed by atoms with Crippen LogP contribution in [0.1, 0.15) is 17.0 Å². The Morgan fingerprint density at radius 2 is 2.26 bits per heavy atom. The predicted molar refractivity (Wildman–Crippen MR) is 75.4 cm³/mol. The second-order valence-corrected chi connectivity index (χ2v) is 5.19. The number of ether oxygens (including phenoxy) is 1. The van der Waals surface area contributed by atoms with Crippen LogP contribution in [0.15, 0.2) is 24.3 Å². The maximum atomic E-state index is 11.8. The van der Waals surface area contributed by atoms with Gasteiger partial charge in [0.15, 0.2) is 0 Å². The number of halogens is 1. The number of benzene rings is 1. The van der Waals surface area contributed by atoms with Crippen molar-refractivity contribution in [2.45, 2.75) is 24.4 Å². The first-order valence-corrected chi connectivity index (χ1v) is 6.35. The van der Waals surface area contributed by atoms with Crippen LogP contribution in [0.3, 0.4) is 0 Å². The van der Waals surface area contributed by atoms with E-state index in [2.05, 4.69) is 29.6 Å². The van der Waals surface area contributed by atoms with Crippen LogP contribution >= 0.6 is 12.4 Å². The van der Waals surface area contributed by atoms with Crippen LogP contribution in [0.5, 0.6) is 0 Å². The molecule has 1 fully saturated rings. The fraction of sp³-hybridized carbons (Fsp3) is 0.500. The lowest BCUT2D eigenvalue weighted by Crippen LogP contribution is -2.45. The Morgan fingerprint density at radius 3 is 3.00 bits per heavy atom. The Kier molecular flexibility index (Phi) is 4.13. The van der Waals surface area contributed by atoms with Crippen LogP contribution in [-0.4, -0.2) is 31.7 Å². The van der Waals surface area contributed by atoms with Gasteiger partial charge < -0.3 is 15.8 Å². The maximum Gasteiger partial charge on any atom is 0.239 e. The zero-order valence-electron chi connectivity index (χ0n) is 10.8. The van der Waals surface area contributed by atoms with Crippen LogP contribution in [0.25, 0.3) is 0 Å². The predicted octanol–water partition coefficient (Wildman–Crippen LogP) is 0.836. The molecule has 104 valence electrons. The number of nitrogens with one attached hydrogen (secondary N) is 1. The Bertz CT molecular complexity index is 480. The number of nitrogens with two attached hydrogens (primary N) is 1. The highest BCUT2D eigenvalue weighted by molar-refractivity contribution is 5.85. The average Bonchev–Trinajstić information content (AvgIpc) is 2.88. The van der Waals surface area contributed by atoms with E-state index in [4.69, 9.17) is 10.5 Å². The normalized spacial score (nSPS) is 27.8. The second kappa shape index (κ2) is 5.49. The number of fused-ring (bicyclic) bond motifs is 3. The first kappa shape index (κ1) is 14.3. The molecule has 1 aromatic carbocycles. The summed E-state index contributed by atoms with van der Waals surface area (Å²) in [5.41, 5.74) is 8.54. The van der Waals surface area contributed by atoms with Crippen molar-refractivity contribution in [3.8, 4) is 0 Å². The first-order valence-electron chi connectivity index (χ1n) is 6.35. The van der Waals surface area contributed by atoms with E-state index in [-0.39, 0.29) is 31.0 Å². The lowest BCUT2D eigenvalue weighted by Gasteiger charge is -2.13. The summed E-state index contributed by atoms with van der Waals surface area (Å²) in [7, 11) is 1.55. The maximum absolute atomic E-state index is 11.8. The van der Waals surface area contributed by atoms with Crippen LogP contribution < -0.4 is 11.1 Å². The fourth-order valence-corrected chi connectivity index (χ4v) is 3.07. The molecule has 1 aromatic rings. The zero-order valence-corrected chi connectivity index (χ0v) is 11.7. The van der Waals surface area contributed by atoms with E-state index in [9.17, 15) is 4.79 Å². The number of methoxy groups -OCH3 is 1. The lowest BCUT2D eigenvalue weighted by atomic mass is 10.1. The van der Waals surface area contributed by atoms with Gasteiger partial charge >= 0.3 is 0 Å². The Balaban J connectivity index is 0.00000133. The van der Waals surface area contributed by atoms with Crippen LogP contribution in [0.2, 0.25) is 0 Å². The van der Waals surface area contributed by atoms with E-state index >= 15 is 0 Å². The van der Waals surface area contributed by atoms with E-state index in [1.807, 2.05) is 0 Å². The summed E-state index contributed by atoms with van der Waals surface area (Å²) in [6, 6.07) is 8.20. The summed E-state index contributed by atoms with van der Waals surface area (Å²) >= 11 is 0. The van der Waals surface area contributed by atoms with Crippen molar-refractivity contribution >= 4 is 18.3 Å². The third-order valence-electron chi connectivity index (χ3n) is 4.03. The molecule has 4 nitrogen and oxygen atoms in total. The van der Waals surface area contributed by atoms with Crippen molar-refractivity contribution in [3.05, 3.63) is 35.4 Å². The molecule has 0 spiro atoms. The van der Waals surface area contributed by atoms with Gasteiger partial charge in [-0.2, -0.15) is 0 Å². The minimum Gasteiger partial charge on any atom is -0.383 e. The Hall–Kier alpha value is -1.10. The molecule has 3 rings (SSSR count). The van der Waals surface area contributed by atoms with Gasteiger partial charge in [-0.05, 0) is 23.5 Å². The molecule has 19 heavy (non-hydrogen) atoms. The summed E-state index contributed by atoms with van der Waals surface area (Å²) < 4.78 is 4.89. The van der Waals surface area contributed by atoms with Gasteiger partial charge in [0.2, 0.25) is 5.91 Å². The molecule has 1 saturated carbocycles. The van der Waals surface area contributed by atoms with Gasteiger partial charge in [0.05, 0.1) is 6.61 Å². The van der Waals surface area contributed by atoms with E-state index < -0.39 is 6.04 Å². The third-order valence-corrected chi connectivity index (χ3v) is 4.03. The molecular formula is C14H19ClN2O2. The number of hydrogen-bond acceptors (Lipinski definition) is 3. The molecule has 1 amide bonds. The van der Waals surface area contributed by atoms with E-state index in [0.717, 1.165) is 6.42 Å². The quantitative estimate of drug-likeness (QED) is 0.860. The van der Waals surface area contributed by atoms with Gasteiger partial charge in [-0.1, -0.05) is 24.3 Å². The Morgan fingerprint density at radius 1 is 1.53 bits per heavy atom. The van der Waals surface area contributed by atoms with E-state index in [1.165, 1.54) is 11.1 Å². The van der Waals surface area contributed by atoms with Crippen LogP contribution in [0.4, 0.5) is 0 Å². The minimum absolute atomic E-state index is 0. The summed E-state index contributed by atoms with van der Waals surface area (Å²) in [5.74, 6) is 0.967. The second-order valence-electron chi connectivity index (χ2n) is 5.19. The standard InChI is InChI=1S/C14H18N2O2.ClH/c1-18-7-11(15)14(17)16-13-10-6-8-4-2-3-5-9(8)12(10)13;/h2-5,10-13H,6-7,15H2,1H3,(H,16,17);1H. The molecule has 0 heterocycles. The van der Waals surface area contributed by atoms with Crippen LogP contribution in [-0.2, 0) is 16.0 Å². The molecule has 0 saturated heterocycles. The molecule has 0 aliphatic heterocycles. The van der Waals surface area contributed by atoms with Crippen molar-refractivity contribution in [1.29, 1.82) is 0 Å². The summed E-state index contributed by atoms with van der Waals surface area (Å²) in [4.78, 5) is 11.8. The molecule has 2 aliphatic rings.